The van der Waals surface area contributed by atoms with Crippen LogP contribution in [0.2, 0.25) is 0 Å². The lowest BCUT2D eigenvalue weighted by atomic mass is 10.0. The van der Waals surface area contributed by atoms with E-state index >= 15 is 0 Å². The Morgan fingerprint density at radius 2 is 2.10 bits per heavy atom. The van der Waals surface area contributed by atoms with Crippen LogP contribution in [0, 0.1) is 17.8 Å². The molecular formula is C16H19BrN2O2. The zero-order valence-electron chi connectivity index (χ0n) is 12.0. The number of rotatable bonds is 4. The molecule has 2 aliphatic carbocycles. The first-order valence-electron chi connectivity index (χ1n) is 7.37. The van der Waals surface area contributed by atoms with E-state index < -0.39 is 0 Å². The molecule has 0 saturated heterocycles. The lowest BCUT2D eigenvalue weighted by Crippen LogP contribution is -2.20. The van der Waals surface area contributed by atoms with Crippen molar-refractivity contribution in [3.05, 3.63) is 28.2 Å². The number of carbonyl (C=O) groups is 1. The molecule has 3 atom stereocenters. The van der Waals surface area contributed by atoms with Gasteiger partial charge in [-0.1, -0.05) is 28.8 Å². The summed E-state index contributed by atoms with van der Waals surface area (Å²) in [5, 5.41) is 4.09. The Hall–Kier alpha value is -1.36. The molecule has 1 aromatic carbocycles. The van der Waals surface area contributed by atoms with Crippen LogP contribution in [0.5, 0.6) is 5.75 Å². The van der Waals surface area contributed by atoms with E-state index in [9.17, 15) is 4.79 Å². The van der Waals surface area contributed by atoms with E-state index in [0.717, 1.165) is 15.8 Å². The van der Waals surface area contributed by atoms with Crippen LogP contribution >= 0.6 is 15.9 Å². The summed E-state index contributed by atoms with van der Waals surface area (Å²) in [6.45, 7) is 0. The molecule has 1 unspecified atom stereocenters. The summed E-state index contributed by atoms with van der Waals surface area (Å²) in [6, 6.07) is 5.64. The highest BCUT2D eigenvalue weighted by atomic mass is 79.9. The maximum atomic E-state index is 12.1. The number of methoxy groups -OCH3 is 1. The molecule has 1 N–H and O–H groups in total. The number of nitrogens with one attached hydrogen (secondary N) is 1. The van der Waals surface area contributed by atoms with E-state index in [-0.39, 0.29) is 11.8 Å². The number of hydrogen-bond acceptors (Lipinski definition) is 3. The number of halogens is 1. The second kappa shape index (κ2) is 6.18. The van der Waals surface area contributed by atoms with Gasteiger partial charge in [0.1, 0.15) is 5.75 Å². The molecule has 0 bridgehead atoms. The van der Waals surface area contributed by atoms with Crippen molar-refractivity contribution in [1.29, 1.82) is 0 Å². The van der Waals surface area contributed by atoms with Crippen LogP contribution in [0.15, 0.2) is 27.8 Å². The smallest absolute Gasteiger partial charge is 0.243 e. The minimum absolute atomic E-state index is 0.0715. The lowest BCUT2D eigenvalue weighted by molar-refractivity contribution is -0.122. The van der Waals surface area contributed by atoms with Crippen molar-refractivity contribution < 1.29 is 9.53 Å². The van der Waals surface area contributed by atoms with Gasteiger partial charge in [0.2, 0.25) is 5.91 Å². The number of hydrazone groups is 1. The van der Waals surface area contributed by atoms with Gasteiger partial charge in [-0.3, -0.25) is 4.79 Å². The minimum atomic E-state index is 0.0715. The van der Waals surface area contributed by atoms with Crippen molar-refractivity contribution in [1.82, 2.24) is 5.43 Å². The highest BCUT2D eigenvalue weighted by molar-refractivity contribution is 9.10. The highest BCUT2D eigenvalue weighted by Crippen LogP contribution is 2.55. The second-order valence-corrected chi connectivity index (χ2v) is 6.61. The highest BCUT2D eigenvalue weighted by Gasteiger charge is 2.54. The molecule has 0 aliphatic heterocycles. The first-order valence-corrected chi connectivity index (χ1v) is 8.16. The van der Waals surface area contributed by atoms with E-state index in [1.807, 2.05) is 18.2 Å². The van der Waals surface area contributed by atoms with Crippen LogP contribution in [0.1, 0.15) is 31.2 Å². The molecule has 0 heterocycles. The number of amides is 1. The van der Waals surface area contributed by atoms with E-state index in [0.29, 0.717) is 11.8 Å². The number of fused-ring (bicyclic) bond motifs is 1. The molecule has 112 valence electrons. The number of nitrogens with zero attached hydrogens (tertiary/aromatic N) is 1. The SMILES string of the molecule is COc1ccc(Br)c(C=NNC(=O)C2[C@H]3CCCC[C@@H]23)c1. The summed E-state index contributed by atoms with van der Waals surface area (Å²) in [4.78, 5) is 12.1. The van der Waals surface area contributed by atoms with Gasteiger partial charge in [-0.05, 0) is 42.9 Å². The molecule has 2 fully saturated rings. The van der Waals surface area contributed by atoms with Crippen molar-refractivity contribution in [3.8, 4) is 5.75 Å². The zero-order chi connectivity index (χ0) is 14.8. The summed E-state index contributed by atoms with van der Waals surface area (Å²) in [7, 11) is 1.63. The Labute approximate surface area is 133 Å². The Morgan fingerprint density at radius 3 is 2.76 bits per heavy atom. The van der Waals surface area contributed by atoms with Crippen LogP contribution in [0.4, 0.5) is 0 Å². The van der Waals surface area contributed by atoms with Crippen molar-refractivity contribution in [2.24, 2.45) is 22.9 Å². The third-order valence-electron chi connectivity index (χ3n) is 4.54. The first kappa shape index (κ1) is 14.6. The molecule has 1 amide bonds. The van der Waals surface area contributed by atoms with Crippen molar-refractivity contribution in [2.45, 2.75) is 25.7 Å². The normalized spacial score (nSPS) is 27.2. The maximum Gasteiger partial charge on any atom is 0.243 e. The molecule has 21 heavy (non-hydrogen) atoms. The Kier molecular flexibility index (Phi) is 4.29. The monoisotopic (exact) mass is 350 g/mol. The van der Waals surface area contributed by atoms with Crippen molar-refractivity contribution in [2.75, 3.05) is 7.11 Å². The Bertz CT molecular complexity index is 561. The molecule has 0 aromatic heterocycles. The molecule has 1 aromatic rings. The Balaban J connectivity index is 1.58. The molecule has 3 rings (SSSR count). The van der Waals surface area contributed by atoms with Crippen molar-refractivity contribution >= 4 is 28.1 Å². The third-order valence-corrected chi connectivity index (χ3v) is 5.26. The second-order valence-electron chi connectivity index (χ2n) is 5.76. The molecule has 4 nitrogen and oxygen atoms in total. The summed E-state index contributed by atoms with van der Waals surface area (Å²) >= 11 is 3.46. The summed E-state index contributed by atoms with van der Waals surface area (Å²) < 4.78 is 6.10. The number of ether oxygens (including phenoxy) is 1. The van der Waals surface area contributed by atoms with Gasteiger partial charge in [-0.25, -0.2) is 5.43 Å². The molecule has 5 heteroatoms. The average molecular weight is 351 g/mol. The van der Waals surface area contributed by atoms with Gasteiger partial charge in [0.05, 0.1) is 13.3 Å². The van der Waals surface area contributed by atoms with Crippen LogP contribution < -0.4 is 10.2 Å². The fourth-order valence-electron chi connectivity index (χ4n) is 3.37. The first-order chi connectivity index (χ1) is 10.2. The van der Waals surface area contributed by atoms with E-state index in [4.69, 9.17) is 4.74 Å². The topological polar surface area (TPSA) is 50.7 Å². The van der Waals surface area contributed by atoms with E-state index in [1.165, 1.54) is 25.7 Å². The van der Waals surface area contributed by atoms with Gasteiger partial charge in [0.15, 0.2) is 0 Å². The molecular weight excluding hydrogens is 332 g/mol. The van der Waals surface area contributed by atoms with Gasteiger partial charge in [-0.15, -0.1) is 0 Å². The van der Waals surface area contributed by atoms with Crippen LogP contribution in [-0.4, -0.2) is 19.2 Å². The fourth-order valence-corrected chi connectivity index (χ4v) is 3.72. The predicted octanol–water partition coefficient (Wildman–Crippen LogP) is 3.34. The number of carbonyl (C=O) groups excluding carboxylic acids is 1. The molecule has 2 aliphatic rings. The van der Waals surface area contributed by atoms with Gasteiger partial charge in [0.25, 0.3) is 0 Å². The van der Waals surface area contributed by atoms with Crippen LogP contribution in [-0.2, 0) is 4.79 Å². The zero-order valence-corrected chi connectivity index (χ0v) is 13.6. The largest absolute Gasteiger partial charge is 0.497 e. The van der Waals surface area contributed by atoms with Gasteiger partial charge >= 0.3 is 0 Å². The van der Waals surface area contributed by atoms with Crippen LogP contribution in [0.3, 0.4) is 0 Å². The quantitative estimate of drug-likeness (QED) is 0.668. The number of hydrogen-bond donors (Lipinski definition) is 1. The van der Waals surface area contributed by atoms with E-state index in [2.05, 4.69) is 26.5 Å². The third kappa shape index (κ3) is 3.12. The van der Waals surface area contributed by atoms with Crippen molar-refractivity contribution in [3.63, 3.8) is 0 Å². The average Bonchev–Trinajstić information content (AvgIpc) is 3.23. The predicted molar refractivity (Wildman–Crippen MR) is 85.4 cm³/mol. The maximum absolute atomic E-state index is 12.1. The van der Waals surface area contributed by atoms with E-state index in [1.54, 1.807) is 13.3 Å². The number of benzene rings is 1. The Morgan fingerprint density at radius 1 is 1.38 bits per heavy atom. The summed E-state index contributed by atoms with van der Waals surface area (Å²) in [6.07, 6.45) is 6.59. The lowest BCUT2D eigenvalue weighted by Gasteiger charge is -2.04. The fraction of sp³-hybridized carbons (Fsp3) is 0.500. The summed E-state index contributed by atoms with van der Waals surface area (Å²) in [5.41, 5.74) is 3.56. The minimum Gasteiger partial charge on any atom is -0.497 e. The van der Waals surface area contributed by atoms with Gasteiger partial charge < -0.3 is 4.74 Å². The molecule has 2 saturated carbocycles. The van der Waals surface area contributed by atoms with Gasteiger partial charge in [0, 0.05) is 16.0 Å². The van der Waals surface area contributed by atoms with Gasteiger partial charge in [-0.2, -0.15) is 5.10 Å². The summed E-state index contributed by atoms with van der Waals surface area (Å²) in [5.74, 6) is 2.25. The standard InChI is InChI=1S/C16H19BrN2O2/c1-21-11-6-7-14(17)10(8-11)9-18-19-16(20)15-12-4-2-3-5-13(12)15/h6-9,12-13,15H,2-5H2,1H3,(H,19,20)/t12-,13+,15?. The molecule has 0 spiro atoms. The van der Waals surface area contributed by atoms with Crippen LogP contribution in [0.25, 0.3) is 0 Å². The molecule has 0 radical (unpaired) electrons.